The molecule has 0 aliphatic rings. The van der Waals surface area contributed by atoms with Crippen molar-refractivity contribution < 1.29 is 9.90 Å². The van der Waals surface area contributed by atoms with Crippen molar-refractivity contribution in [2.45, 2.75) is 104 Å². The number of hydrogen-bond donors (Lipinski definition) is 1. The van der Waals surface area contributed by atoms with Gasteiger partial charge in [0.05, 0.1) is 0 Å². The monoisotopic (exact) mass is 336 g/mol. The summed E-state index contributed by atoms with van der Waals surface area (Å²) >= 11 is 0. The maximum absolute atomic E-state index is 10.4. The second-order valence-corrected chi connectivity index (χ2v) is 7.26. The molecule has 24 heavy (non-hydrogen) atoms. The van der Waals surface area contributed by atoms with E-state index in [0.717, 1.165) is 25.2 Å². The molecule has 0 radical (unpaired) electrons. The Morgan fingerprint density at radius 1 is 0.750 bits per heavy atom. The first-order chi connectivity index (χ1) is 11.6. The van der Waals surface area contributed by atoms with E-state index in [4.69, 9.17) is 5.11 Å². The molecule has 1 N–H and O–H groups in total. The smallest absolute Gasteiger partial charge is 0.303 e. The molecular formula is C22H40O2. The number of allylic oxidation sites excluding steroid dienone is 4. The fourth-order valence-electron chi connectivity index (χ4n) is 2.74. The summed E-state index contributed by atoms with van der Waals surface area (Å²) in [6, 6.07) is 0. The molecule has 0 aromatic carbocycles. The van der Waals surface area contributed by atoms with E-state index >= 15 is 0 Å². The second-order valence-electron chi connectivity index (χ2n) is 7.26. The van der Waals surface area contributed by atoms with E-state index < -0.39 is 5.97 Å². The lowest BCUT2D eigenvalue weighted by Crippen LogP contribution is -1.93. The minimum Gasteiger partial charge on any atom is -0.481 e. The van der Waals surface area contributed by atoms with Crippen LogP contribution in [0.5, 0.6) is 0 Å². The van der Waals surface area contributed by atoms with E-state index in [9.17, 15) is 4.79 Å². The van der Waals surface area contributed by atoms with Gasteiger partial charge >= 0.3 is 5.97 Å². The Labute approximate surface area is 150 Å². The molecule has 0 saturated heterocycles. The quantitative estimate of drug-likeness (QED) is 0.223. The molecule has 0 aliphatic heterocycles. The highest BCUT2D eigenvalue weighted by Gasteiger charge is 1.96. The molecule has 0 spiro atoms. The van der Waals surface area contributed by atoms with Gasteiger partial charge in [0, 0.05) is 6.42 Å². The number of unbranched alkanes of at least 4 members (excludes halogenated alkanes) is 9. The van der Waals surface area contributed by atoms with Crippen LogP contribution in [0.2, 0.25) is 0 Å². The minimum absolute atomic E-state index is 0.331. The van der Waals surface area contributed by atoms with Gasteiger partial charge in [-0.05, 0) is 44.4 Å². The van der Waals surface area contributed by atoms with Gasteiger partial charge in [0.15, 0.2) is 0 Å². The van der Waals surface area contributed by atoms with E-state index in [2.05, 4.69) is 38.2 Å². The van der Waals surface area contributed by atoms with E-state index in [0.29, 0.717) is 6.42 Å². The summed E-state index contributed by atoms with van der Waals surface area (Å²) in [5.74, 6) is 0.177. The largest absolute Gasteiger partial charge is 0.481 e. The zero-order valence-electron chi connectivity index (χ0n) is 16.1. The van der Waals surface area contributed by atoms with Gasteiger partial charge in [-0.1, -0.05) is 83.1 Å². The van der Waals surface area contributed by atoms with Crippen LogP contribution in [0.1, 0.15) is 104 Å². The molecule has 0 heterocycles. The van der Waals surface area contributed by atoms with E-state index in [1.165, 1.54) is 64.2 Å². The van der Waals surface area contributed by atoms with Crippen molar-refractivity contribution in [2.24, 2.45) is 5.92 Å². The van der Waals surface area contributed by atoms with Crippen molar-refractivity contribution in [3.63, 3.8) is 0 Å². The average molecular weight is 337 g/mol. The van der Waals surface area contributed by atoms with Crippen molar-refractivity contribution in [3.8, 4) is 0 Å². The van der Waals surface area contributed by atoms with Gasteiger partial charge in [-0.15, -0.1) is 0 Å². The molecule has 0 aromatic heterocycles. The highest BCUT2D eigenvalue weighted by Crippen LogP contribution is 2.10. The predicted molar refractivity (Wildman–Crippen MR) is 105 cm³/mol. The van der Waals surface area contributed by atoms with Gasteiger partial charge in [0.2, 0.25) is 0 Å². The van der Waals surface area contributed by atoms with Crippen molar-refractivity contribution in [1.82, 2.24) is 0 Å². The van der Waals surface area contributed by atoms with Crippen molar-refractivity contribution >= 4 is 5.97 Å². The Kier molecular flexibility index (Phi) is 17.5. The summed E-state index contributed by atoms with van der Waals surface area (Å²) in [6.07, 6.45) is 25.3. The third-order valence-electron chi connectivity index (χ3n) is 4.27. The van der Waals surface area contributed by atoms with Crippen LogP contribution in [0.25, 0.3) is 0 Å². The van der Waals surface area contributed by atoms with E-state index in [1.54, 1.807) is 0 Å². The van der Waals surface area contributed by atoms with Crippen LogP contribution >= 0.6 is 0 Å². The van der Waals surface area contributed by atoms with Gasteiger partial charge in [0.1, 0.15) is 0 Å². The first kappa shape index (κ1) is 22.9. The lowest BCUT2D eigenvalue weighted by atomic mass is 10.1. The van der Waals surface area contributed by atoms with E-state index in [-0.39, 0.29) is 0 Å². The van der Waals surface area contributed by atoms with Crippen molar-refractivity contribution in [3.05, 3.63) is 24.3 Å². The topological polar surface area (TPSA) is 37.3 Å². The average Bonchev–Trinajstić information content (AvgIpc) is 2.53. The maximum atomic E-state index is 10.4. The third-order valence-corrected chi connectivity index (χ3v) is 4.27. The minimum atomic E-state index is -0.664. The standard InChI is InChI=1S/C22H40O2/c1-21(2)19-17-15-13-11-9-7-5-3-4-6-8-10-12-14-16-18-20-22(23)24/h3,5,9,11,21H,4,6-8,10,12-20H2,1-2H3,(H,23,24)/b5-3-,11-9-. The molecular weight excluding hydrogens is 296 g/mol. The Balaban J connectivity index is 3.19. The molecule has 0 amide bonds. The lowest BCUT2D eigenvalue weighted by molar-refractivity contribution is -0.137. The number of aliphatic carboxylic acids is 1. The molecule has 0 rings (SSSR count). The first-order valence-corrected chi connectivity index (χ1v) is 10.1. The van der Waals surface area contributed by atoms with Gasteiger partial charge in [0.25, 0.3) is 0 Å². The molecule has 2 nitrogen and oxygen atoms in total. The van der Waals surface area contributed by atoms with Crippen molar-refractivity contribution in [1.29, 1.82) is 0 Å². The van der Waals surface area contributed by atoms with Crippen LogP contribution in [0, 0.1) is 5.92 Å². The molecule has 0 atom stereocenters. The number of hydrogen-bond acceptors (Lipinski definition) is 1. The normalized spacial score (nSPS) is 12.0. The molecule has 2 heteroatoms. The molecule has 0 aromatic rings. The van der Waals surface area contributed by atoms with Gasteiger partial charge < -0.3 is 5.11 Å². The Morgan fingerprint density at radius 3 is 1.79 bits per heavy atom. The highest BCUT2D eigenvalue weighted by molar-refractivity contribution is 5.66. The van der Waals surface area contributed by atoms with Gasteiger partial charge in [-0.25, -0.2) is 0 Å². The van der Waals surface area contributed by atoms with Crippen LogP contribution in [0.15, 0.2) is 24.3 Å². The predicted octanol–water partition coefficient (Wildman–Crippen LogP) is 7.30. The summed E-state index contributed by atoms with van der Waals surface area (Å²) in [5, 5.41) is 8.55. The summed E-state index contributed by atoms with van der Waals surface area (Å²) in [6.45, 7) is 4.59. The SMILES string of the molecule is CC(C)CCCC/C=C\C/C=C\CCCCCCCCCC(=O)O. The summed E-state index contributed by atoms with van der Waals surface area (Å²) < 4.78 is 0. The number of carboxylic acids is 1. The molecule has 0 bridgehead atoms. The van der Waals surface area contributed by atoms with Gasteiger partial charge in [-0.3, -0.25) is 4.79 Å². The van der Waals surface area contributed by atoms with Crippen LogP contribution in [0.4, 0.5) is 0 Å². The molecule has 0 saturated carbocycles. The summed E-state index contributed by atoms with van der Waals surface area (Å²) in [5.41, 5.74) is 0. The number of rotatable bonds is 17. The molecule has 140 valence electrons. The Morgan fingerprint density at radius 2 is 1.25 bits per heavy atom. The van der Waals surface area contributed by atoms with Crippen LogP contribution in [-0.4, -0.2) is 11.1 Å². The zero-order chi connectivity index (χ0) is 17.9. The van der Waals surface area contributed by atoms with E-state index in [1.807, 2.05) is 0 Å². The third kappa shape index (κ3) is 20.9. The zero-order valence-corrected chi connectivity index (χ0v) is 16.1. The first-order valence-electron chi connectivity index (χ1n) is 10.1. The fourth-order valence-corrected chi connectivity index (χ4v) is 2.74. The number of carbonyl (C=O) groups is 1. The maximum Gasteiger partial charge on any atom is 0.303 e. The Bertz CT molecular complexity index is 329. The Hall–Kier alpha value is -1.05. The van der Waals surface area contributed by atoms with Crippen molar-refractivity contribution in [2.75, 3.05) is 0 Å². The highest BCUT2D eigenvalue weighted by atomic mass is 16.4. The molecule has 0 aliphatic carbocycles. The van der Waals surface area contributed by atoms with Gasteiger partial charge in [-0.2, -0.15) is 0 Å². The lowest BCUT2D eigenvalue weighted by Gasteiger charge is -2.01. The summed E-state index contributed by atoms with van der Waals surface area (Å²) in [4.78, 5) is 10.4. The van der Waals surface area contributed by atoms with Crippen LogP contribution < -0.4 is 0 Å². The molecule has 0 unspecified atom stereocenters. The van der Waals surface area contributed by atoms with Crippen LogP contribution in [0.3, 0.4) is 0 Å². The molecule has 0 fully saturated rings. The van der Waals surface area contributed by atoms with Crippen LogP contribution in [-0.2, 0) is 4.79 Å². The second kappa shape index (κ2) is 18.3. The number of carboxylic acid groups (broad SMARTS) is 1. The fraction of sp³-hybridized carbons (Fsp3) is 0.773. The summed E-state index contributed by atoms with van der Waals surface area (Å²) in [7, 11) is 0.